The molecule has 0 saturated carbocycles. The van der Waals surface area contributed by atoms with Gasteiger partial charge >= 0.3 is 0 Å². The average molecular weight is 269 g/mol. The highest BCUT2D eigenvalue weighted by atomic mass is 16.3. The van der Waals surface area contributed by atoms with Gasteiger partial charge in [-0.1, -0.05) is 36.4 Å². The maximum atomic E-state index is 12.5. The number of nitrogens with zero attached hydrogens (tertiary/aromatic N) is 1. The summed E-state index contributed by atoms with van der Waals surface area (Å²) in [6, 6.07) is 17.1. The number of benzene rings is 2. The fraction of sp³-hybridized carbons (Fsp3) is 0.125. The van der Waals surface area contributed by atoms with E-state index < -0.39 is 17.9 Å². The Morgan fingerprint density at radius 1 is 0.950 bits per heavy atom. The van der Waals surface area contributed by atoms with Crippen molar-refractivity contribution in [2.75, 3.05) is 4.90 Å². The van der Waals surface area contributed by atoms with Gasteiger partial charge in [-0.2, -0.15) is 0 Å². The number of imide groups is 1. The number of hydrogen-bond donors (Lipinski definition) is 1. The van der Waals surface area contributed by atoms with Crippen LogP contribution < -0.4 is 4.90 Å². The van der Waals surface area contributed by atoms with Crippen LogP contribution >= 0.6 is 0 Å². The molecule has 2 amide bonds. The molecule has 2 aromatic carbocycles. The highest BCUT2D eigenvalue weighted by Crippen LogP contribution is 2.18. The Morgan fingerprint density at radius 3 is 1.95 bits per heavy atom. The minimum absolute atomic E-state index is 0.394. The summed E-state index contributed by atoms with van der Waals surface area (Å²) in [6.45, 7) is 1.34. The molecule has 1 atom stereocenters. The van der Waals surface area contributed by atoms with Crippen LogP contribution in [0.4, 0.5) is 5.69 Å². The van der Waals surface area contributed by atoms with Gasteiger partial charge < -0.3 is 5.11 Å². The molecule has 1 N–H and O–H groups in total. The number of carbonyl (C=O) groups excluding carboxylic acids is 2. The third-order valence-electron chi connectivity index (χ3n) is 2.82. The third-order valence-corrected chi connectivity index (χ3v) is 2.82. The van der Waals surface area contributed by atoms with Crippen molar-refractivity contribution in [1.82, 2.24) is 0 Å². The lowest BCUT2D eigenvalue weighted by molar-refractivity contribution is -0.125. The molecule has 4 nitrogen and oxygen atoms in total. The van der Waals surface area contributed by atoms with Crippen LogP contribution in [-0.4, -0.2) is 23.0 Å². The van der Waals surface area contributed by atoms with Gasteiger partial charge in [0.15, 0.2) is 0 Å². The van der Waals surface area contributed by atoms with E-state index in [0.717, 1.165) is 4.90 Å². The Kier molecular flexibility index (Phi) is 4.27. The first-order valence-corrected chi connectivity index (χ1v) is 6.27. The molecule has 2 rings (SSSR count). The molecule has 0 fully saturated rings. The molecule has 20 heavy (non-hydrogen) atoms. The van der Waals surface area contributed by atoms with E-state index in [2.05, 4.69) is 0 Å². The van der Waals surface area contributed by atoms with Gasteiger partial charge in [-0.05, 0) is 31.2 Å². The second kappa shape index (κ2) is 6.12. The van der Waals surface area contributed by atoms with Crippen LogP contribution in [-0.2, 0) is 4.79 Å². The molecule has 0 heterocycles. The van der Waals surface area contributed by atoms with E-state index in [-0.39, 0.29) is 0 Å². The van der Waals surface area contributed by atoms with Crippen LogP contribution in [0.15, 0.2) is 60.7 Å². The Bertz CT molecular complexity index is 594. The van der Waals surface area contributed by atoms with E-state index in [0.29, 0.717) is 11.3 Å². The zero-order chi connectivity index (χ0) is 14.5. The van der Waals surface area contributed by atoms with Crippen LogP contribution in [0.2, 0.25) is 0 Å². The zero-order valence-corrected chi connectivity index (χ0v) is 11.1. The highest BCUT2D eigenvalue weighted by Gasteiger charge is 2.27. The lowest BCUT2D eigenvalue weighted by Crippen LogP contribution is -2.42. The van der Waals surface area contributed by atoms with Crippen LogP contribution in [0.5, 0.6) is 0 Å². The van der Waals surface area contributed by atoms with Crippen molar-refractivity contribution in [2.45, 2.75) is 13.0 Å². The molecule has 1 unspecified atom stereocenters. The summed E-state index contributed by atoms with van der Waals surface area (Å²) >= 11 is 0. The maximum absolute atomic E-state index is 12.5. The molecular formula is C16H15NO3. The van der Waals surface area contributed by atoms with Gasteiger partial charge in [0.25, 0.3) is 11.8 Å². The van der Waals surface area contributed by atoms with Crippen LogP contribution in [0.1, 0.15) is 17.3 Å². The van der Waals surface area contributed by atoms with Crippen molar-refractivity contribution in [3.8, 4) is 0 Å². The maximum Gasteiger partial charge on any atom is 0.265 e. The fourth-order valence-electron chi connectivity index (χ4n) is 1.82. The van der Waals surface area contributed by atoms with Crippen LogP contribution in [0, 0.1) is 0 Å². The smallest absolute Gasteiger partial charge is 0.265 e. The number of amides is 2. The van der Waals surface area contributed by atoms with E-state index in [9.17, 15) is 14.7 Å². The highest BCUT2D eigenvalue weighted by molar-refractivity contribution is 6.22. The lowest BCUT2D eigenvalue weighted by Gasteiger charge is -2.22. The molecule has 0 radical (unpaired) electrons. The molecular weight excluding hydrogens is 254 g/mol. The minimum atomic E-state index is -1.25. The van der Waals surface area contributed by atoms with E-state index >= 15 is 0 Å². The Balaban J connectivity index is 2.43. The second-order valence-electron chi connectivity index (χ2n) is 4.36. The summed E-state index contributed by atoms with van der Waals surface area (Å²) in [5, 5.41) is 9.50. The SMILES string of the molecule is CC(O)C(=O)N(C(=O)c1ccccc1)c1ccccc1. The average Bonchev–Trinajstić information content (AvgIpc) is 2.49. The first kappa shape index (κ1) is 14.0. The van der Waals surface area contributed by atoms with Crippen molar-refractivity contribution >= 4 is 17.5 Å². The summed E-state index contributed by atoms with van der Waals surface area (Å²) in [7, 11) is 0. The van der Waals surface area contributed by atoms with Gasteiger partial charge in [0.05, 0.1) is 5.69 Å². The van der Waals surface area contributed by atoms with Crippen molar-refractivity contribution in [3.05, 3.63) is 66.2 Å². The lowest BCUT2D eigenvalue weighted by atomic mass is 10.1. The van der Waals surface area contributed by atoms with Crippen molar-refractivity contribution in [3.63, 3.8) is 0 Å². The largest absolute Gasteiger partial charge is 0.384 e. The van der Waals surface area contributed by atoms with Crippen molar-refractivity contribution in [2.24, 2.45) is 0 Å². The molecule has 0 spiro atoms. The van der Waals surface area contributed by atoms with Crippen LogP contribution in [0.25, 0.3) is 0 Å². The molecule has 4 heteroatoms. The van der Waals surface area contributed by atoms with Gasteiger partial charge in [-0.3, -0.25) is 9.59 Å². The number of aliphatic hydroxyl groups excluding tert-OH is 1. The number of carbonyl (C=O) groups is 2. The Hall–Kier alpha value is -2.46. The molecule has 102 valence electrons. The molecule has 0 aliphatic carbocycles. The number of para-hydroxylation sites is 1. The number of anilines is 1. The van der Waals surface area contributed by atoms with Gasteiger partial charge in [0.2, 0.25) is 0 Å². The van der Waals surface area contributed by atoms with E-state index in [1.807, 2.05) is 0 Å². The minimum Gasteiger partial charge on any atom is -0.384 e. The first-order chi connectivity index (χ1) is 9.61. The topological polar surface area (TPSA) is 57.6 Å². The number of hydrogen-bond acceptors (Lipinski definition) is 3. The fourth-order valence-corrected chi connectivity index (χ4v) is 1.82. The second-order valence-corrected chi connectivity index (χ2v) is 4.36. The number of rotatable bonds is 3. The molecule has 0 aliphatic rings. The monoisotopic (exact) mass is 269 g/mol. The summed E-state index contributed by atoms with van der Waals surface area (Å²) in [6.07, 6.45) is -1.25. The Labute approximate surface area is 117 Å². The van der Waals surface area contributed by atoms with Crippen LogP contribution in [0.3, 0.4) is 0 Å². The standard InChI is InChI=1S/C16H15NO3/c1-12(18)15(19)17(14-10-6-3-7-11-14)16(20)13-8-4-2-5-9-13/h2-12,18H,1H3. The molecule has 2 aromatic rings. The predicted molar refractivity (Wildman–Crippen MR) is 76.4 cm³/mol. The van der Waals surface area contributed by atoms with Gasteiger partial charge in [0.1, 0.15) is 6.10 Å². The van der Waals surface area contributed by atoms with E-state index in [4.69, 9.17) is 0 Å². The van der Waals surface area contributed by atoms with Crippen molar-refractivity contribution < 1.29 is 14.7 Å². The molecule has 0 bridgehead atoms. The summed E-state index contributed by atoms with van der Waals surface area (Å²) < 4.78 is 0. The Morgan fingerprint density at radius 2 is 1.45 bits per heavy atom. The molecule has 0 saturated heterocycles. The first-order valence-electron chi connectivity index (χ1n) is 6.27. The zero-order valence-electron chi connectivity index (χ0n) is 11.1. The number of aliphatic hydroxyl groups is 1. The molecule has 0 aromatic heterocycles. The predicted octanol–water partition coefficient (Wildman–Crippen LogP) is 2.24. The quantitative estimate of drug-likeness (QED) is 0.929. The van der Waals surface area contributed by atoms with Gasteiger partial charge in [-0.25, -0.2) is 4.90 Å². The molecule has 0 aliphatic heterocycles. The summed E-state index contributed by atoms with van der Waals surface area (Å²) in [5.74, 6) is -1.10. The third kappa shape index (κ3) is 2.92. The summed E-state index contributed by atoms with van der Waals surface area (Å²) in [5.41, 5.74) is 0.831. The summed E-state index contributed by atoms with van der Waals surface area (Å²) in [4.78, 5) is 25.6. The van der Waals surface area contributed by atoms with Gasteiger partial charge in [-0.15, -0.1) is 0 Å². The normalized spacial score (nSPS) is 11.7. The van der Waals surface area contributed by atoms with E-state index in [1.165, 1.54) is 6.92 Å². The van der Waals surface area contributed by atoms with Gasteiger partial charge in [0, 0.05) is 5.56 Å². The van der Waals surface area contributed by atoms with E-state index in [1.54, 1.807) is 60.7 Å². The van der Waals surface area contributed by atoms with Crippen molar-refractivity contribution in [1.29, 1.82) is 0 Å².